The van der Waals surface area contributed by atoms with Crippen LogP contribution in [-0.4, -0.2) is 55.3 Å². The molecule has 0 unspecified atom stereocenters. The number of rotatable bonds is 3. The number of methoxy groups -OCH3 is 2. The van der Waals surface area contributed by atoms with Crippen LogP contribution in [0, 0.1) is 0 Å². The normalized spacial score (nSPS) is 23.4. The average Bonchev–Trinajstić information content (AvgIpc) is 3.03. The fourth-order valence-electron chi connectivity index (χ4n) is 2.11. The molecular formula is C11H13F3N2O3S. The van der Waals surface area contributed by atoms with Gasteiger partial charge in [-0.25, -0.2) is 4.98 Å². The highest BCUT2D eigenvalue weighted by atomic mass is 32.1. The summed E-state index contributed by atoms with van der Waals surface area (Å²) in [6.07, 6.45) is -5.32. The predicted molar refractivity (Wildman–Crippen MR) is 64.6 cm³/mol. The quantitative estimate of drug-likeness (QED) is 0.852. The molecule has 0 aliphatic carbocycles. The van der Waals surface area contributed by atoms with Gasteiger partial charge in [-0.2, -0.15) is 13.2 Å². The van der Waals surface area contributed by atoms with E-state index in [1.165, 1.54) is 19.1 Å². The summed E-state index contributed by atoms with van der Waals surface area (Å²) in [5.74, 6) is -0.693. The summed E-state index contributed by atoms with van der Waals surface area (Å²) in [4.78, 5) is 16.3. The zero-order valence-electron chi connectivity index (χ0n) is 10.8. The number of amides is 1. The van der Waals surface area contributed by atoms with E-state index >= 15 is 0 Å². The van der Waals surface area contributed by atoms with Crippen molar-refractivity contribution in [3.63, 3.8) is 0 Å². The maximum Gasteiger partial charge on any atom is 0.434 e. The number of thiazole rings is 1. The molecule has 0 radical (unpaired) electrons. The Hall–Kier alpha value is -1.19. The molecule has 112 valence electrons. The number of nitrogens with zero attached hydrogens (tertiary/aromatic N) is 2. The van der Waals surface area contributed by atoms with Crippen molar-refractivity contribution < 1.29 is 27.4 Å². The van der Waals surface area contributed by atoms with Crippen LogP contribution in [0.2, 0.25) is 0 Å². The van der Waals surface area contributed by atoms with Gasteiger partial charge in [-0.15, -0.1) is 11.3 Å². The Kier molecular flexibility index (Phi) is 4.31. The molecule has 1 saturated heterocycles. The van der Waals surface area contributed by atoms with Crippen LogP contribution in [0.5, 0.6) is 0 Å². The molecular weight excluding hydrogens is 297 g/mol. The molecule has 0 saturated carbocycles. The monoisotopic (exact) mass is 310 g/mol. The van der Waals surface area contributed by atoms with Crippen molar-refractivity contribution in [3.05, 3.63) is 16.1 Å². The van der Waals surface area contributed by atoms with E-state index in [1.807, 2.05) is 0 Å². The molecule has 0 aromatic carbocycles. The Morgan fingerprint density at radius 1 is 1.35 bits per heavy atom. The minimum absolute atomic E-state index is 0.197. The Labute approximate surface area is 117 Å². The van der Waals surface area contributed by atoms with Gasteiger partial charge < -0.3 is 14.4 Å². The summed E-state index contributed by atoms with van der Waals surface area (Å²) in [5, 5.41) is 0. The summed E-state index contributed by atoms with van der Waals surface area (Å²) >= 11 is 0.685. The number of hydrogen-bond donors (Lipinski definition) is 0. The molecule has 2 rings (SSSR count). The molecule has 1 fully saturated rings. The molecule has 0 spiro atoms. The van der Waals surface area contributed by atoms with E-state index in [1.54, 1.807) is 0 Å². The first-order chi connectivity index (χ1) is 9.38. The van der Waals surface area contributed by atoms with E-state index in [2.05, 4.69) is 4.98 Å². The molecule has 1 aliphatic heterocycles. The van der Waals surface area contributed by atoms with E-state index in [-0.39, 0.29) is 25.3 Å². The van der Waals surface area contributed by atoms with Crippen LogP contribution in [0.15, 0.2) is 5.51 Å². The SMILES string of the molecule is CO[C@H]1CN(C(=O)c2scnc2C(F)(F)F)C[C@H]1OC. The van der Waals surface area contributed by atoms with Crippen molar-refractivity contribution in [1.82, 2.24) is 9.88 Å². The summed E-state index contributed by atoms with van der Waals surface area (Å²) in [5.41, 5.74) is -0.115. The highest BCUT2D eigenvalue weighted by molar-refractivity contribution is 7.11. The summed E-state index contributed by atoms with van der Waals surface area (Å²) in [7, 11) is 2.94. The smallest absolute Gasteiger partial charge is 0.377 e. The number of aromatic nitrogens is 1. The van der Waals surface area contributed by atoms with Crippen LogP contribution in [0.4, 0.5) is 13.2 Å². The number of ether oxygens (including phenoxy) is 2. The zero-order valence-corrected chi connectivity index (χ0v) is 11.6. The van der Waals surface area contributed by atoms with Crippen molar-refractivity contribution in [2.75, 3.05) is 27.3 Å². The van der Waals surface area contributed by atoms with Gasteiger partial charge >= 0.3 is 6.18 Å². The topological polar surface area (TPSA) is 51.7 Å². The van der Waals surface area contributed by atoms with E-state index in [0.717, 1.165) is 5.51 Å². The Balaban J connectivity index is 2.19. The van der Waals surface area contributed by atoms with Gasteiger partial charge in [0.05, 0.1) is 5.51 Å². The lowest BCUT2D eigenvalue weighted by Gasteiger charge is -2.15. The lowest BCUT2D eigenvalue weighted by atomic mass is 10.3. The van der Waals surface area contributed by atoms with Gasteiger partial charge in [0.2, 0.25) is 0 Å². The number of carbonyl (C=O) groups excluding carboxylic acids is 1. The predicted octanol–water partition coefficient (Wildman–Crippen LogP) is 1.65. The molecule has 20 heavy (non-hydrogen) atoms. The Morgan fingerprint density at radius 3 is 2.35 bits per heavy atom. The maximum atomic E-state index is 12.7. The lowest BCUT2D eigenvalue weighted by Crippen LogP contribution is -2.31. The molecule has 1 aromatic heterocycles. The number of hydrogen-bond acceptors (Lipinski definition) is 5. The van der Waals surface area contributed by atoms with Crippen LogP contribution in [-0.2, 0) is 15.7 Å². The second-order valence-electron chi connectivity index (χ2n) is 4.29. The largest absolute Gasteiger partial charge is 0.434 e. The van der Waals surface area contributed by atoms with Crippen LogP contribution >= 0.6 is 11.3 Å². The van der Waals surface area contributed by atoms with Crippen LogP contribution < -0.4 is 0 Å². The van der Waals surface area contributed by atoms with Crippen LogP contribution in [0.3, 0.4) is 0 Å². The molecule has 0 N–H and O–H groups in total. The van der Waals surface area contributed by atoms with E-state index < -0.39 is 22.7 Å². The van der Waals surface area contributed by atoms with Gasteiger partial charge in [0.25, 0.3) is 5.91 Å². The zero-order chi connectivity index (χ0) is 14.9. The first-order valence-corrected chi connectivity index (χ1v) is 6.62. The molecule has 1 aliphatic rings. The van der Waals surface area contributed by atoms with Crippen LogP contribution in [0.1, 0.15) is 15.4 Å². The van der Waals surface area contributed by atoms with Gasteiger partial charge in [-0.1, -0.05) is 0 Å². The van der Waals surface area contributed by atoms with Gasteiger partial charge in [-0.05, 0) is 0 Å². The van der Waals surface area contributed by atoms with Crippen LogP contribution in [0.25, 0.3) is 0 Å². The number of carbonyl (C=O) groups is 1. The minimum Gasteiger partial charge on any atom is -0.377 e. The summed E-state index contributed by atoms with van der Waals surface area (Å²) in [6, 6.07) is 0. The first kappa shape index (κ1) is 15.2. The minimum atomic E-state index is -4.63. The number of alkyl halides is 3. The van der Waals surface area contributed by atoms with E-state index in [9.17, 15) is 18.0 Å². The third kappa shape index (κ3) is 2.79. The number of likely N-dealkylation sites (tertiary alicyclic amines) is 1. The van der Waals surface area contributed by atoms with Crippen molar-refractivity contribution in [2.45, 2.75) is 18.4 Å². The molecule has 9 heteroatoms. The Bertz CT molecular complexity index is 480. The molecule has 2 heterocycles. The second kappa shape index (κ2) is 5.66. The molecule has 5 nitrogen and oxygen atoms in total. The molecule has 1 aromatic rings. The summed E-state index contributed by atoms with van der Waals surface area (Å²) in [6.45, 7) is 0.395. The molecule has 1 amide bonds. The van der Waals surface area contributed by atoms with Crippen molar-refractivity contribution >= 4 is 17.2 Å². The fourth-order valence-corrected chi connectivity index (χ4v) is 2.88. The van der Waals surface area contributed by atoms with Crippen molar-refractivity contribution in [1.29, 1.82) is 0 Å². The first-order valence-electron chi connectivity index (χ1n) is 5.74. The van der Waals surface area contributed by atoms with Crippen molar-refractivity contribution in [2.24, 2.45) is 0 Å². The van der Waals surface area contributed by atoms with E-state index in [4.69, 9.17) is 9.47 Å². The molecule has 2 atom stereocenters. The second-order valence-corrected chi connectivity index (χ2v) is 5.14. The highest BCUT2D eigenvalue weighted by Gasteiger charge is 2.42. The van der Waals surface area contributed by atoms with Crippen molar-refractivity contribution in [3.8, 4) is 0 Å². The average molecular weight is 310 g/mol. The van der Waals surface area contributed by atoms with E-state index in [0.29, 0.717) is 11.3 Å². The van der Waals surface area contributed by atoms with Gasteiger partial charge in [0.1, 0.15) is 17.1 Å². The standard InChI is InChI=1S/C11H13F3N2O3S/c1-18-6-3-16(4-7(6)19-2)10(17)8-9(11(12,13)14)15-5-20-8/h5-7H,3-4H2,1-2H3/t6-,7+. The Morgan fingerprint density at radius 2 is 1.90 bits per heavy atom. The lowest BCUT2D eigenvalue weighted by molar-refractivity contribution is -0.141. The van der Waals surface area contributed by atoms with Gasteiger partial charge in [0, 0.05) is 27.3 Å². The summed E-state index contributed by atoms with van der Waals surface area (Å²) < 4.78 is 48.5. The molecule has 0 bridgehead atoms. The van der Waals surface area contributed by atoms with Gasteiger partial charge in [-0.3, -0.25) is 4.79 Å². The highest BCUT2D eigenvalue weighted by Crippen LogP contribution is 2.33. The fraction of sp³-hybridized carbons (Fsp3) is 0.636. The van der Waals surface area contributed by atoms with Gasteiger partial charge in [0.15, 0.2) is 5.69 Å². The maximum absolute atomic E-state index is 12.7. The third-order valence-electron chi connectivity index (χ3n) is 3.14. The third-order valence-corrected chi connectivity index (χ3v) is 3.95. The number of halogens is 3.